The molecule has 0 amide bonds. The lowest BCUT2D eigenvalue weighted by Gasteiger charge is -2.21. The Hall–Kier alpha value is -3.07. The Bertz CT molecular complexity index is 1320. The number of hydrogen-bond acceptors (Lipinski definition) is 6. The molecular formula is C28H31NO6S. The molecule has 1 unspecified atom stereocenters. The molecule has 1 atom stereocenters. The zero-order valence-corrected chi connectivity index (χ0v) is 21.4. The minimum Gasteiger partial charge on any atom is -0.497 e. The lowest BCUT2D eigenvalue weighted by molar-refractivity contribution is 0.165. The van der Waals surface area contributed by atoms with Crippen LogP contribution < -0.4 is 14.2 Å². The van der Waals surface area contributed by atoms with E-state index in [0.717, 1.165) is 35.3 Å². The third-order valence-electron chi connectivity index (χ3n) is 6.72. The van der Waals surface area contributed by atoms with E-state index in [1.807, 2.05) is 24.3 Å². The minimum absolute atomic E-state index is 0.187. The Morgan fingerprint density at radius 2 is 1.86 bits per heavy atom. The van der Waals surface area contributed by atoms with Crippen molar-refractivity contribution in [2.75, 3.05) is 40.1 Å². The molecule has 1 saturated heterocycles. The fourth-order valence-corrected chi connectivity index (χ4v) is 6.05. The Morgan fingerprint density at radius 1 is 1.06 bits per heavy atom. The van der Waals surface area contributed by atoms with Crippen LogP contribution in [0.3, 0.4) is 0 Å². The number of aryl methyl sites for hydroxylation is 1. The molecule has 2 aliphatic rings. The molecule has 2 heterocycles. The molecule has 0 bridgehead atoms. The van der Waals surface area contributed by atoms with Crippen molar-refractivity contribution in [3.05, 3.63) is 71.8 Å². The molecule has 0 aromatic heterocycles. The highest BCUT2D eigenvalue weighted by atomic mass is 32.2. The number of rotatable bonds is 7. The van der Waals surface area contributed by atoms with Crippen LogP contribution in [0, 0.1) is 12.8 Å². The van der Waals surface area contributed by atoms with Crippen LogP contribution in [0.5, 0.6) is 17.2 Å². The fourth-order valence-electron chi connectivity index (χ4n) is 4.64. The van der Waals surface area contributed by atoms with E-state index in [9.17, 15) is 8.42 Å². The monoisotopic (exact) mass is 509 g/mol. The van der Waals surface area contributed by atoms with Crippen molar-refractivity contribution in [1.82, 2.24) is 4.31 Å². The Morgan fingerprint density at radius 3 is 2.58 bits per heavy atom. The quantitative estimate of drug-likeness (QED) is 0.461. The van der Waals surface area contributed by atoms with Gasteiger partial charge >= 0.3 is 0 Å². The number of sulfonamides is 1. The van der Waals surface area contributed by atoms with Crippen molar-refractivity contribution in [3.63, 3.8) is 0 Å². The van der Waals surface area contributed by atoms with Crippen molar-refractivity contribution in [2.24, 2.45) is 5.92 Å². The average molecular weight is 510 g/mol. The first-order valence-electron chi connectivity index (χ1n) is 12.2. The lowest BCUT2D eigenvalue weighted by Crippen LogP contribution is -2.32. The van der Waals surface area contributed by atoms with Gasteiger partial charge in [-0.25, -0.2) is 8.42 Å². The van der Waals surface area contributed by atoms with E-state index >= 15 is 0 Å². The summed E-state index contributed by atoms with van der Waals surface area (Å²) < 4.78 is 51.6. The summed E-state index contributed by atoms with van der Waals surface area (Å²) in [4.78, 5) is 0.222. The van der Waals surface area contributed by atoms with Crippen LogP contribution in [0.2, 0.25) is 0 Å². The van der Waals surface area contributed by atoms with E-state index in [4.69, 9.17) is 18.9 Å². The van der Waals surface area contributed by atoms with Gasteiger partial charge in [0.1, 0.15) is 12.4 Å². The molecule has 0 saturated carbocycles. The Labute approximate surface area is 212 Å². The molecule has 3 aromatic rings. The highest BCUT2D eigenvalue weighted by Gasteiger charge is 2.30. The molecule has 0 radical (unpaired) electrons. The zero-order chi connectivity index (χ0) is 25.1. The van der Waals surface area contributed by atoms with Gasteiger partial charge in [-0.15, -0.1) is 0 Å². The van der Waals surface area contributed by atoms with E-state index in [-0.39, 0.29) is 24.6 Å². The smallest absolute Gasteiger partial charge is 0.243 e. The molecule has 7 nitrogen and oxygen atoms in total. The van der Waals surface area contributed by atoms with Crippen molar-refractivity contribution in [1.29, 1.82) is 0 Å². The summed E-state index contributed by atoms with van der Waals surface area (Å²) in [6, 6.07) is 18.6. The molecule has 1 fully saturated rings. The highest BCUT2D eigenvalue weighted by Crippen LogP contribution is 2.40. The second-order valence-electron chi connectivity index (χ2n) is 9.18. The number of ether oxygens (including phenoxy) is 4. The maximum Gasteiger partial charge on any atom is 0.243 e. The second-order valence-corrected chi connectivity index (χ2v) is 11.1. The normalized spacial score (nSPS) is 18.2. The summed E-state index contributed by atoms with van der Waals surface area (Å²) in [5.41, 5.74) is 3.95. The number of fused-ring (bicyclic) bond motifs is 1. The number of benzene rings is 3. The molecule has 2 aliphatic heterocycles. The van der Waals surface area contributed by atoms with Crippen molar-refractivity contribution >= 4 is 10.0 Å². The van der Waals surface area contributed by atoms with Gasteiger partial charge in [-0.2, -0.15) is 4.31 Å². The van der Waals surface area contributed by atoms with Crippen LogP contribution in [0.1, 0.15) is 17.5 Å². The summed E-state index contributed by atoms with van der Waals surface area (Å²) in [7, 11) is -2.18. The van der Waals surface area contributed by atoms with Gasteiger partial charge in [-0.3, -0.25) is 0 Å². The van der Waals surface area contributed by atoms with Gasteiger partial charge in [-0.05, 0) is 66.4 Å². The Balaban J connectivity index is 1.51. The summed E-state index contributed by atoms with van der Waals surface area (Å²) >= 11 is 0. The van der Waals surface area contributed by atoms with E-state index in [0.29, 0.717) is 36.4 Å². The van der Waals surface area contributed by atoms with Gasteiger partial charge in [0.2, 0.25) is 10.0 Å². The first-order chi connectivity index (χ1) is 17.5. The van der Waals surface area contributed by atoms with Crippen LogP contribution >= 0.6 is 0 Å². The summed E-state index contributed by atoms with van der Waals surface area (Å²) in [6.45, 7) is 4.69. The zero-order valence-electron chi connectivity index (χ0n) is 20.6. The van der Waals surface area contributed by atoms with E-state index in [1.165, 1.54) is 4.31 Å². The number of nitrogens with zero attached hydrogens (tertiary/aromatic N) is 1. The molecular weight excluding hydrogens is 478 g/mol. The van der Waals surface area contributed by atoms with Crippen LogP contribution in [-0.4, -0.2) is 52.8 Å². The lowest BCUT2D eigenvalue weighted by atomic mass is 9.98. The molecule has 5 rings (SSSR count). The first kappa shape index (κ1) is 24.6. The third kappa shape index (κ3) is 5.07. The van der Waals surface area contributed by atoms with Gasteiger partial charge in [0, 0.05) is 31.2 Å². The highest BCUT2D eigenvalue weighted by molar-refractivity contribution is 7.89. The predicted octanol–water partition coefficient (Wildman–Crippen LogP) is 4.67. The number of methoxy groups -OCH3 is 1. The van der Waals surface area contributed by atoms with Gasteiger partial charge in [0.25, 0.3) is 0 Å². The van der Waals surface area contributed by atoms with Crippen molar-refractivity contribution in [2.45, 2.75) is 24.8 Å². The topological polar surface area (TPSA) is 74.3 Å². The predicted molar refractivity (Wildman–Crippen MR) is 137 cm³/mol. The number of hydrogen-bond donors (Lipinski definition) is 0. The van der Waals surface area contributed by atoms with E-state index in [2.05, 4.69) is 19.1 Å². The van der Waals surface area contributed by atoms with Crippen molar-refractivity contribution in [3.8, 4) is 28.4 Å². The molecule has 36 heavy (non-hydrogen) atoms. The van der Waals surface area contributed by atoms with Crippen LogP contribution in [0.25, 0.3) is 11.1 Å². The summed E-state index contributed by atoms with van der Waals surface area (Å²) in [5.74, 6) is 2.19. The fraction of sp³-hybridized carbons (Fsp3) is 0.357. The van der Waals surface area contributed by atoms with Crippen LogP contribution in [-0.2, 0) is 21.3 Å². The summed E-state index contributed by atoms with van der Waals surface area (Å²) in [6.07, 6.45) is 0.967. The minimum atomic E-state index is -3.74. The van der Waals surface area contributed by atoms with Gasteiger partial charge in [0.15, 0.2) is 11.5 Å². The Kier molecular flexibility index (Phi) is 7.18. The first-order valence-corrected chi connectivity index (χ1v) is 13.6. The van der Waals surface area contributed by atoms with E-state index in [1.54, 1.807) is 31.4 Å². The van der Waals surface area contributed by atoms with Crippen molar-refractivity contribution < 1.29 is 27.4 Å². The third-order valence-corrected chi connectivity index (χ3v) is 8.58. The van der Waals surface area contributed by atoms with Gasteiger partial charge in [-0.1, -0.05) is 24.3 Å². The maximum atomic E-state index is 13.5. The average Bonchev–Trinajstić information content (AvgIpc) is 3.32. The molecule has 190 valence electrons. The van der Waals surface area contributed by atoms with Gasteiger partial charge in [0.05, 0.1) is 25.2 Å². The standard InChI is InChI=1S/C28H31NO6S/c1-20-5-3-4-6-26(20)22-15-23-17-29(36(30,31)25-9-7-24(32-2)8-10-25)12-14-34-28(23)27(16-22)35-19-21-11-13-33-18-21/h3-10,15-16,21H,11-14,17-19H2,1-2H3. The SMILES string of the molecule is COc1ccc(S(=O)(=O)N2CCOc3c(cc(-c4ccccc4C)cc3OCC3CCOC3)C2)cc1. The van der Waals surface area contributed by atoms with Gasteiger partial charge < -0.3 is 18.9 Å². The molecule has 8 heteroatoms. The molecule has 0 spiro atoms. The molecule has 0 aliphatic carbocycles. The summed E-state index contributed by atoms with van der Waals surface area (Å²) in [5, 5.41) is 0. The largest absolute Gasteiger partial charge is 0.497 e. The van der Waals surface area contributed by atoms with Crippen LogP contribution in [0.15, 0.2) is 65.6 Å². The van der Waals surface area contributed by atoms with Crippen LogP contribution in [0.4, 0.5) is 0 Å². The second kappa shape index (κ2) is 10.5. The van der Waals surface area contributed by atoms with E-state index < -0.39 is 10.0 Å². The molecule has 3 aromatic carbocycles. The molecule has 0 N–H and O–H groups in total. The maximum absolute atomic E-state index is 13.5.